The van der Waals surface area contributed by atoms with E-state index in [2.05, 4.69) is 44.3 Å². The quantitative estimate of drug-likeness (QED) is 0.697. The molecule has 0 aliphatic rings. The van der Waals surface area contributed by atoms with Crippen molar-refractivity contribution in [3.8, 4) is 0 Å². The van der Waals surface area contributed by atoms with E-state index in [4.69, 9.17) is 4.74 Å². The lowest BCUT2D eigenvalue weighted by Gasteiger charge is -2.21. The van der Waals surface area contributed by atoms with E-state index in [0.29, 0.717) is 6.04 Å². The Morgan fingerprint density at radius 3 is 2.79 bits per heavy atom. The summed E-state index contributed by atoms with van der Waals surface area (Å²) >= 11 is 1.96. The first-order chi connectivity index (χ1) is 9.19. The first-order valence-electron chi connectivity index (χ1n) is 7.06. The van der Waals surface area contributed by atoms with Crippen LogP contribution in [-0.2, 0) is 4.74 Å². The number of hydrogen-bond donors (Lipinski definition) is 1. The first kappa shape index (κ1) is 16.5. The molecule has 0 bridgehead atoms. The van der Waals surface area contributed by atoms with Crippen LogP contribution in [0.1, 0.15) is 36.1 Å². The van der Waals surface area contributed by atoms with Crippen molar-refractivity contribution in [1.29, 1.82) is 0 Å². The Morgan fingerprint density at radius 1 is 1.32 bits per heavy atom. The largest absolute Gasteiger partial charge is 0.384 e. The van der Waals surface area contributed by atoms with Crippen molar-refractivity contribution in [2.45, 2.75) is 33.2 Å². The molecule has 2 nitrogen and oxygen atoms in total. The molecule has 108 valence electrons. The number of hydrogen-bond acceptors (Lipinski definition) is 3. The van der Waals surface area contributed by atoms with Gasteiger partial charge >= 0.3 is 0 Å². The van der Waals surface area contributed by atoms with E-state index in [0.717, 1.165) is 24.7 Å². The minimum absolute atomic E-state index is 0.446. The molecule has 1 rings (SSSR count). The van der Waals surface area contributed by atoms with Crippen LogP contribution < -0.4 is 5.32 Å². The fraction of sp³-hybridized carbons (Fsp3) is 0.625. The molecule has 1 atom stereocenters. The molecule has 19 heavy (non-hydrogen) atoms. The Labute approximate surface area is 122 Å². The number of rotatable bonds is 9. The van der Waals surface area contributed by atoms with Crippen molar-refractivity contribution in [2.24, 2.45) is 0 Å². The van der Waals surface area contributed by atoms with E-state index in [9.17, 15) is 0 Å². The summed E-state index contributed by atoms with van der Waals surface area (Å²) < 4.78 is 5.11. The SMILES string of the molecule is CCCNC(CSCCOC)c1cc(C)ccc1C. The molecule has 0 spiro atoms. The van der Waals surface area contributed by atoms with E-state index < -0.39 is 0 Å². The van der Waals surface area contributed by atoms with Crippen molar-refractivity contribution >= 4 is 11.8 Å². The predicted octanol–water partition coefficient (Wildman–Crippen LogP) is 3.72. The third-order valence-corrected chi connectivity index (χ3v) is 4.19. The summed E-state index contributed by atoms with van der Waals surface area (Å²) in [5, 5.41) is 3.67. The van der Waals surface area contributed by atoms with Crippen LogP contribution in [0.4, 0.5) is 0 Å². The maximum atomic E-state index is 5.11. The second-order valence-electron chi connectivity index (χ2n) is 4.93. The number of ether oxygens (including phenoxy) is 1. The molecule has 0 aromatic heterocycles. The molecule has 1 aromatic rings. The molecule has 0 fully saturated rings. The van der Waals surface area contributed by atoms with Gasteiger partial charge in [-0.25, -0.2) is 0 Å². The highest BCUT2D eigenvalue weighted by Crippen LogP contribution is 2.23. The molecule has 0 radical (unpaired) electrons. The average Bonchev–Trinajstić information content (AvgIpc) is 2.41. The highest BCUT2D eigenvalue weighted by molar-refractivity contribution is 7.99. The Balaban J connectivity index is 2.68. The maximum absolute atomic E-state index is 5.11. The van der Waals surface area contributed by atoms with E-state index in [1.54, 1.807) is 7.11 Å². The van der Waals surface area contributed by atoms with Crippen LogP contribution in [0.15, 0.2) is 18.2 Å². The summed E-state index contributed by atoms with van der Waals surface area (Å²) in [4.78, 5) is 0. The number of benzene rings is 1. The Bertz CT molecular complexity index is 368. The van der Waals surface area contributed by atoms with Crippen LogP contribution in [0, 0.1) is 13.8 Å². The van der Waals surface area contributed by atoms with Gasteiger partial charge in [-0.15, -0.1) is 0 Å². The van der Waals surface area contributed by atoms with Gasteiger partial charge < -0.3 is 10.1 Å². The van der Waals surface area contributed by atoms with Gasteiger partial charge in [0.05, 0.1) is 6.61 Å². The van der Waals surface area contributed by atoms with Gasteiger partial charge in [0.1, 0.15) is 0 Å². The zero-order valence-corrected chi connectivity index (χ0v) is 13.5. The number of nitrogens with one attached hydrogen (secondary N) is 1. The van der Waals surface area contributed by atoms with Gasteiger partial charge in [0, 0.05) is 24.7 Å². The highest BCUT2D eigenvalue weighted by atomic mass is 32.2. The van der Waals surface area contributed by atoms with Gasteiger partial charge in [0.15, 0.2) is 0 Å². The lowest BCUT2D eigenvalue weighted by Crippen LogP contribution is -2.25. The molecule has 1 unspecified atom stereocenters. The molecule has 0 aliphatic carbocycles. The maximum Gasteiger partial charge on any atom is 0.0552 e. The summed E-state index contributed by atoms with van der Waals surface area (Å²) in [6.07, 6.45) is 1.17. The second kappa shape index (κ2) is 9.40. The minimum Gasteiger partial charge on any atom is -0.384 e. The topological polar surface area (TPSA) is 21.3 Å². The fourth-order valence-electron chi connectivity index (χ4n) is 2.06. The summed E-state index contributed by atoms with van der Waals surface area (Å²) in [7, 11) is 1.76. The zero-order chi connectivity index (χ0) is 14.1. The van der Waals surface area contributed by atoms with Gasteiger partial charge in [-0.2, -0.15) is 11.8 Å². The third kappa shape index (κ3) is 5.98. The predicted molar refractivity (Wildman–Crippen MR) is 86.2 cm³/mol. The molecule has 0 saturated heterocycles. The van der Waals surface area contributed by atoms with E-state index >= 15 is 0 Å². The molecule has 0 aliphatic heterocycles. The Hall–Kier alpha value is -0.510. The monoisotopic (exact) mass is 281 g/mol. The summed E-state index contributed by atoms with van der Waals surface area (Å²) in [5.74, 6) is 2.17. The molecule has 0 saturated carbocycles. The van der Waals surface area contributed by atoms with E-state index in [-0.39, 0.29) is 0 Å². The number of aryl methyl sites for hydroxylation is 2. The highest BCUT2D eigenvalue weighted by Gasteiger charge is 2.13. The van der Waals surface area contributed by atoms with Crippen LogP contribution in [0.2, 0.25) is 0 Å². The summed E-state index contributed by atoms with van der Waals surface area (Å²) in [6.45, 7) is 8.49. The average molecular weight is 281 g/mol. The zero-order valence-electron chi connectivity index (χ0n) is 12.7. The van der Waals surface area contributed by atoms with Gasteiger partial charge in [-0.1, -0.05) is 30.7 Å². The Kier molecular flexibility index (Phi) is 8.19. The molecular formula is C16H27NOS. The van der Waals surface area contributed by atoms with Crippen LogP contribution in [0.25, 0.3) is 0 Å². The fourth-order valence-corrected chi connectivity index (χ4v) is 3.04. The van der Waals surface area contributed by atoms with Crippen molar-refractivity contribution in [3.05, 3.63) is 34.9 Å². The standard InChI is InChI=1S/C16H27NOS/c1-5-8-17-16(12-19-10-9-18-4)15-11-13(2)6-7-14(15)3/h6-7,11,16-17H,5,8-10,12H2,1-4H3. The van der Waals surface area contributed by atoms with E-state index in [1.165, 1.54) is 23.1 Å². The van der Waals surface area contributed by atoms with E-state index in [1.807, 2.05) is 11.8 Å². The molecule has 1 aromatic carbocycles. The van der Waals surface area contributed by atoms with Crippen molar-refractivity contribution in [2.75, 3.05) is 31.8 Å². The molecule has 0 amide bonds. The molecular weight excluding hydrogens is 254 g/mol. The Morgan fingerprint density at radius 2 is 2.11 bits per heavy atom. The van der Waals surface area contributed by atoms with Crippen LogP contribution in [0.3, 0.4) is 0 Å². The van der Waals surface area contributed by atoms with Gasteiger partial charge in [0.25, 0.3) is 0 Å². The number of thioether (sulfide) groups is 1. The third-order valence-electron chi connectivity index (χ3n) is 3.17. The van der Waals surface area contributed by atoms with Crippen molar-refractivity contribution in [1.82, 2.24) is 5.32 Å². The minimum atomic E-state index is 0.446. The summed E-state index contributed by atoms with van der Waals surface area (Å²) in [6, 6.07) is 7.18. The normalized spacial score (nSPS) is 12.6. The van der Waals surface area contributed by atoms with Gasteiger partial charge in [-0.05, 0) is 37.9 Å². The van der Waals surface area contributed by atoms with Crippen LogP contribution in [0.5, 0.6) is 0 Å². The lowest BCUT2D eigenvalue weighted by molar-refractivity contribution is 0.218. The van der Waals surface area contributed by atoms with Gasteiger partial charge in [0.2, 0.25) is 0 Å². The second-order valence-corrected chi connectivity index (χ2v) is 6.08. The number of methoxy groups -OCH3 is 1. The van der Waals surface area contributed by atoms with Crippen LogP contribution >= 0.6 is 11.8 Å². The molecule has 0 heterocycles. The lowest BCUT2D eigenvalue weighted by atomic mass is 10.00. The van der Waals surface area contributed by atoms with Crippen molar-refractivity contribution < 1.29 is 4.74 Å². The van der Waals surface area contributed by atoms with Crippen LogP contribution in [-0.4, -0.2) is 31.8 Å². The molecule has 1 N–H and O–H groups in total. The van der Waals surface area contributed by atoms with Gasteiger partial charge in [-0.3, -0.25) is 0 Å². The van der Waals surface area contributed by atoms with Crippen molar-refractivity contribution in [3.63, 3.8) is 0 Å². The summed E-state index contributed by atoms with van der Waals surface area (Å²) in [5.41, 5.74) is 4.16. The first-order valence-corrected chi connectivity index (χ1v) is 8.21. The molecule has 3 heteroatoms. The smallest absolute Gasteiger partial charge is 0.0552 e.